The summed E-state index contributed by atoms with van der Waals surface area (Å²) in [6, 6.07) is 10.7. The summed E-state index contributed by atoms with van der Waals surface area (Å²) in [7, 11) is 3.50. The topological polar surface area (TPSA) is 21.3 Å². The minimum absolute atomic E-state index is 0.0839. The smallest absolute Gasteiger partial charge is 0.137 e. The zero-order valence-electron chi connectivity index (χ0n) is 11.1. The Morgan fingerprint density at radius 2 is 1.90 bits per heavy atom. The SMILES string of the molecule is CNC(c1ccc(F)c(Br)c1)c1cc(Br)ccc1OC. The van der Waals surface area contributed by atoms with Crippen LogP contribution in [0.15, 0.2) is 45.3 Å². The lowest BCUT2D eigenvalue weighted by molar-refractivity contribution is 0.405. The third kappa shape index (κ3) is 3.22. The highest BCUT2D eigenvalue weighted by Crippen LogP contribution is 2.33. The number of methoxy groups -OCH3 is 1. The van der Waals surface area contributed by atoms with Crippen molar-refractivity contribution in [1.82, 2.24) is 5.32 Å². The maximum atomic E-state index is 13.4. The first kappa shape index (κ1) is 15.5. The molecule has 2 aromatic carbocycles. The molecule has 0 amide bonds. The Hall–Kier alpha value is -0.910. The van der Waals surface area contributed by atoms with Gasteiger partial charge in [0.25, 0.3) is 0 Å². The average Bonchev–Trinajstić information content (AvgIpc) is 2.44. The Morgan fingerprint density at radius 1 is 1.15 bits per heavy atom. The fourth-order valence-electron chi connectivity index (χ4n) is 2.12. The lowest BCUT2D eigenvalue weighted by atomic mass is 9.98. The fourth-order valence-corrected chi connectivity index (χ4v) is 2.90. The van der Waals surface area contributed by atoms with Crippen LogP contribution in [0.3, 0.4) is 0 Å². The molecule has 0 aliphatic rings. The highest BCUT2D eigenvalue weighted by Gasteiger charge is 2.18. The van der Waals surface area contributed by atoms with Crippen LogP contribution in [0, 0.1) is 5.82 Å². The molecule has 20 heavy (non-hydrogen) atoms. The van der Waals surface area contributed by atoms with Crippen LogP contribution < -0.4 is 10.1 Å². The van der Waals surface area contributed by atoms with Crippen molar-refractivity contribution in [3.63, 3.8) is 0 Å². The molecule has 0 radical (unpaired) electrons. The standard InChI is InChI=1S/C15H14Br2FNO/c1-19-15(9-3-5-13(18)12(17)7-9)11-8-10(16)4-6-14(11)20-2/h3-8,15,19H,1-2H3. The molecule has 0 fully saturated rings. The number of hydrogen-bond donors (Lipinski definition) is 1. The first-order chi connectivity index (χ1) is 9.56. The maximum absolute atomic E-state index is 13.4. The zero-order chi connectivity index (χ0) is 14.7. The second-order valence-electron chi connectivity index (χ2n) is 4.28. The molecule has 2 aromatic rings. The van der Waals surface area contributed by atoms with Crippen molar-refractivity contribution in [2.45, 2.75) is 6.04 Å². The van der Waals surface area contributed by atoms with Crippen LogP contribution in [0.5, 0.6) is 5.75 Å². The highest BCUT2D eigenvalue weighted by atomic mass is 79.9. The maximum Gasteiger partial charge on any atom is 0.137 e. The summed E-state index contributed by atoms with van der Waals surface area (Å²) in [5.74, 6) is 0.512. The summed E-state index contributed by atoms with van der Waals surface area (Å²) < 4.78 is 20.2. The van der Waals surface area contributed by atoms with Crippen LogP contribution in [0.4, 0.5) is 4.39 Å². The van der Waals surface area contributed by atoms with Crippen LogP contribution in [0.25, 0.3) is 0 Å². The molecule has 0 saturated carbocycles. The summed E-state index contributed by atoms with van der Waals surface area (Å²) >= 11 is 6.69. The van der Waals surface area contributed by atoms with Gasteiger partial charge in [-0.25, -0.2) is 4.39 Å². The lowest BCUT2D eigenvalue weighted by Crippen LogP contribution is -2.18. The van der Waals surface area contributed by atoms with Crippen molar-refractivity contribution in [2.75, 3.05) is 14.2 Å². The van der Waals surface area contributed by atoms with Crippen LogP contribution in [-0.4, -0.2) is 14.2 Å². The van der Waals surface area contributed by atoms with Gasteiger partial charge >= 0.3 is 0 Å². The van der Waals surface area contributed by atoms with E-state index in [1.54, 1.807) is 19.2 Å². The first-order valence-corrected chi connectivity index (χ1v) is 7.61. The van der Waals surface area contributed by atoms with E-state index in [1.165, 1.54) is 6.07 Å². The van der Waals surface area contributed by atoms with E-state index in [2.05, 4.69) is 37.2 Å². The van der Waals surface area contributed by atoms with Crippen molar-refractivity contribution in [3.05, 3.63) is 62.3 Å². The van der Waals surface area contributed by atoms with E-state index in [9.17, 15) is 4.39 Å². The Kier molecular flexibility index (Phi) is 5.18. The lowest BCUT2D eigenvalue weighted by Gasteiger charge is -2.20. The van der Waals surface area contributed by atoms with E-state index < -0.39 is 0 Å². The normalized spacial score (nSPS) is 12.2. The largest absolute Gasteiger partial charge is 0.496 e. The Morgan fingerprint density at radius 3 is 2.50 bits per heavy atom. The van der Waals surface area contributed by atoms with Gasteiger partial charge in [-0.1, -0.05) is 22.0 Å². The Bertz CT molecular complexity index is 619. The molecule has 1 unspecified atom stereocenters. The molecule has 1 N–H and O–H groups in total. The van der Waals surface area contributed by atoms with Gasteiger partial charge in [-0.3, -0.25) is 0 Å². The van der Waals surface area contributed by atoms with Gasteiger partial charge in [0.2, 0.25) is 0 Å². The van der Waals surface area contributed by atoms with Crippen molar-refractivity contribution in [1.29, 1.82) is 0 Å². The fraction of sp³-hybridized carbons (Fsp3) is 0.200. The third-order valence-corrected chi connectivity index (χ3v) is 4.17. The molecule has 0 heterocycles. The first-order valence-electron chi connectivity index (χ1n) is 6.02. The number of halogens is 3. The highest BCUT2D eigenvalue weighted by molar-refractivity contribution is 9.10. The molecule has 1 atom stereocenters. The molecule has 5 heteroatoms. The summed E-state index contributed by atoms with van der Waals surface area (Å²) in [5, 5.41) is 3.24. The molecule has 0 spiro atoms. The monoisotopic (exact) mass is 401 g/mol. The second-order valence-corrected chi connectivity index (χ2v) is 6.05. The van der Waals surface area contributed by atoms with Crippen LogP contribution >= 0.6 is 31.9 Å². The zero-order valence-corrected chi connectivity index (χ0v) is 14.3. The van der Waals surface area contributed by atoms with E-state index >= 15 is 0 Å². The van der Waals surface area contributed by atoms with Crippen LogP contribution in [0.1, 0.15) is 17.2 Å². The van der Waals surface area contributed by atoms with Crippen molar-refractivity contribution >= 4 is 31.9 Å². The van der Waals surface area contributed by atoms with E-state index in [0.717, 1.165) is 21.3 Å². The molecular weight excluding hydrogens is 389 g/mol. The Labute approximate surface area is 134 Å². The molecule has 2 rings (SSSR count). The molecule has 106 valence electrons. The number of nitrogens with one attached hydrogen (secondary N) is 1. The molecule has 0 aromatic heterocycles. The molecule has 0 aliphatic heterocycles. The van der Waals surface area contributed by atoms with Gasteiger partial charge in [0.05, 0.1) is 17.6 Å². The molecule has 0 aliphatic carbocycles. The van der Waals surface area contributed by atoms with Gasteiger partial charge in [0.15, 0.2) is 0 Å². The quantitative estimate of drug-likeness (QED) is 0.802. The minimum atomic E-state index is -0.273. The van der Waals surface area contributed by atoms with Crippen molar-refractivity contribution in [2.24, 2.45) is 0 Å². The van der Waals surface area contributed by atoms with Crippen LogP contribution in [-0.2, 0) is 0 Å². The second kappa shape index (κ2) is 6.70. The van der Waals surface area contributed by atoms with E-state index in [0.29, 0.717) is 4.47 Å². The van der Waals surface area contributed by atoms with Crippen molar-refractivity contribution < 1.29 is 9.13 Å². The molecule has 0 bridgehead atoms. The van der Waals surface area contributed by atoms with Gasteiger partial charge in [0.1, 0.15) is 11.6 Å². The van der Waals surface area contributed by atoms with E-state index in [1.807, 2.05) is 25.2 Å². The predicted molar refractivity (Wildman–Crippen MR) is 85.7 cm³/mol. The predicted octanol–water partition coefficient (Wildman–Crippen LogP) is 4.67. The van der Waals surface area contributed by atoms with Gasteiger partial charge < -0.3 is 10.1 Å². The van der Waals surface area contributed by atoms with E-state index in [-0.39, 0.29) is 11.9 Å². The number of benzene rings is 2. The van der Waals surface area contributed by atoms with Gasteiger partial charge in [0, 0.05) is 10.0 Å². The van der Waals surface area contributed by atoms with Gasteiger partial charge in [-0.05, 0) is 58.9 Å². The Balaban J connectivity index is 2.51. The van der Waals surface area contributed by atoms with Gasteiger partial charge in [-0.2, -0.15) is 0 Å². The van der Waals surface area contributed by atoms with E-state index in [4.69, 9.17) is 4.74 Å². The van der Waals surface area contributed by atoms with Gasteiger partial charge in [-0.15, -0.1) is 0 Å². The molecular formula is C15H14Br2FNO. The molecule has 2 nitrogen and oxygen atoms in total. The summed E-state index contributed by atoms with van der Waals surface area (Å²) in [4.78, 5) is 0. The summed E-state index contributed by atoms with van der Waals surface area (Å²) in [6.07, 6.45) is 0. The van der Waals surface area contributed by atoms with Crippen LogP contribution in [0.2, 0.25) is 0 Å². The average molecular weight is 403 g/mol. The number of rotatable bonds is 4. The third-order valence-electron chi connectivity index (χ3n) is 3.07. The summed E-state index contributed by atoms with van der Waals surface area (Å²) in [6.45, 7) is 0. The number of hydrogen-bond acceptors (Lipinski definition) is 2. The molecule has 0 saturated heterocycles. The minimum Gasteiger partial charge on any atom is -0.496 e. The summed E-state index contributed by atoms with van der Waals surface area (Å²) in [5.41, 5.74) is 1.94. The van der Waals surface area contributed by atoms with Crippen molar-refractivity contribution in [3.8, 4) is 5.75 Å². The number of ether oxygens (including phenoxy) is 1.